The van der Waals surface area contributed by atoms with Gasteiger partial charge in [0.2, 0.25) is 0 Å². The Morgan fingerprint density at radius 3 is 0.653 bits per heavy atom. The molecule has 814 valence electrons. The number of nitriles is 4. The maximum absolute atomic E-state index is 13.3. The molecule has 0 saturated heterocycles. The molecule has 5 amide bonds. The summed E-state index contributed by atoms with van der Waals surface area (Å²) in [6.07, 6.45) is 8.60. The molecule has 5 atom stereocenters. The standard InChI is InChI=1S/C27H29F3N2O2.2C22H27F3N2O2.C22H28F3NO4.C21H25F3N2O2/c1-26(34,27(28,29)30)22-10-8-21(9-11-22)25(33)32(24-14-15-24)23-12-6-19(7-13-23)16-18-2-4-20(17-31)5-3-18;2*1-21(29,22(23,24)25)17-8-6-16(7-9-17)20(28)27(19-12-13-19)18-10-4-15(5-11-18)3-2-14-26;1-21(29,22(23,24)25)16-7-5-15(6-8-16)20(28)26(18-11-12-18)17-9-3-14(4-10-17)13-19(27)30-2;1-20(28,21(22,23)24)16-6-4-15(5-7-16)19(27)26(18-10-11-18)17-8-2-14(3-9-17)12-13-25/h2-5,8-11,19,23-24,34H,6-7,12-16H2,1H3;2*6-9,15,18-19,29H,2-5,10-13H2,1H3;5-8,14,17-18,29H,3-4,9-13H2,1-2H3;4-7,14,17-18,28H,2-3,8-12H2,1H3/t19?,23?,26-;2*15?,18?,21-;14?,17?,21-;14?,17?,20-/m00000/s1. The highest BCUT2D eigenvalue weighted by Crippen LogP contribution is 2.49. The summed E-state index contributed by atoms with van der Waals surface area (Å²) in [5.41, 5.74) is -12.6. The molecule has 0 aromatic heterocycles. The van der Waals surface area contributed by atoms with Crippen LogP contribution in [-0.4, -0.2) is 184 Å². The monoisotopic (exact) mass is 2110 g/mol. The number of carbonyl (C=O) groups is 6. The van der Waals surface area contributed by atoms with Crippen molar-refractivity contribution in [2.75, 3.05) is 7.11 Å². The second-order valence-corrected chi connectivity index (χ2v) is 43.4. The molecule has 36 heteroatoms. The molecule has 0 heterocycles. The summed E-state index contributed by atoms with van der Waals surface area (Å²) in [6.45, 7) is 3.56. The third-order valence-electron chi connectivity index (χ3n) is 32.2. The Bertz CT molecular complexity index is 5540. The van der Waals surface area contributed by atoms with Crippen LogP contribution in [-0.2, 0) is 44.0 Å². The van der Waals surface area contributed by atoms with Crippen molar-refractivity contribution in [1.29, 1.82) is 21.0 Å². The van der Waals surface area contributed by atoms with E-state index >= 15 is 0 Å². The zero-order valence-electron chi connectivity index (χ0n) is 85.5. The molecule has 0 bridgehead atoms. The Balaban J connectivity index is 0.000000166. The van der Waals surface area contributed by atoms with E-state index in [1.54, 1.807) is 0 Å². The molecule has 0 radical (unpaired) electrons. The lowest BCUT2D eigenvalue weighted by molar-refractivity contribution is -0.259. The SMILES string of the molecule is COC(=O)CC1CCC(N(C(=O)c2ccc([C@](C)(O)C(F)(F)F)cc2)C2CC2)CC1.C[C@](O)(c1ccc(C(=O)N(C2CCC(CC#N)CC2)C2CC2)cc1)C(F)(F)F.C[C@](O)(c1ccc(C(=O)N(C2CCC(CCC#N)CC2)C2CC2)cc1)C(F)(F)F.C[C@](O)(c1ccc(C(=O)N(C2CCC(CCC#N)CC2)C2CC2)cc1)C(F)(F)F.C[C@](O)(c1ccc(C(=O)N(C2CCC(Cc3ccc(C#N)cc3)CC2)C2CC2)cc1)C(F)(F)F. The number of ether oxygens (including phenoxy) is 1. The number of nitrogens with zero attached hydrogens (tertiary/aromatic N) is 9. The summed E-state index contributed by atoms with van der Waals surface area (Å²) >= 11 is 0. The van der Waals surface area contributed by atoms with Gasteiger partial charge in [-0.1, -0.05) is 72.8 Å². The topological polar surface area (TPSA) is 324 Å². The van der Waals surface area contributed by atoms with Gasteiger partial charge < -0.3 is 54.8 Å². The van der Waals surface area contributed by atoms with Gasteiger partial charge in [-0.25, -0.2) is 0 Å². The Labute approximate surface area is 866 Å². The minimum Gasteiger partial charge on any atom is -0.469 e. The summed E-state index contributed by atoms with van der Waals surface area (Å²) in [4.78, 5) is 86.9. The van der Waals surface area contributed by atoms with Gasteiger partial charge in [-0.3, -0.25) is 28.8 Å². The molecule has 16 rings (SSSR count). The van der Waals surface area contributed by atoms with E-state index in [4.69, 9.17) is 25.8 Å². The first-order valence-corrected chi connectivity index (χ1v) is 52.4. The molecule has 10 aliphatic carbocycles. The van der Waals surface area contributed by atoms with Gasteiger partial charge in [0.25, 0.3) is 29.5 Å². The van der Waals surface area contributed by atoms with Gasteiger partial charge in [-0.2, -0.15) is 86.9 Å². The molecule has 6 aromatic rings. The maximum Gasteiger partial charge on any atom is 0.421 e. The van der Waals surface area contributed by atoms with Crippen molar-refractivity contribution in [1.82, 2.24) is 24.5 Å². The lowest BCUT2D eigenvalue weighted by Gasteiger charge is -2.37. The first kappa shape index (κ1) is 118. The number of benzene rings is 6. The summed E-state index contributed by atoms with van der Waals surface area (Å²) in [7, 11) is 1.38. The fraction of sp³-hybridized carbons (Fsp3) is 0.596. The van der Waals surface area contributed by atoms with Crippen LogP contribution in [0.5, 0.6) is 0 Å². The van der Waals surface area contributed by atoms with Crippen LogP contribution in [0.3, 0.4) is 0 Å². The van der Waals surface area contributed by atoms with E-state index in [0.29, 0.717) is 110 Å². The van der Waals surface area contributed by atoms with Crippen molar-refractivity contribution in [2.24, 2.45) is 29.6 Å². The van der Waals surface area contributed by atoms with Gasteiger partial charge in [0.15, 0.2) is 28.0 Å². The number of aliphatic hydroxyl groups is 5. The molecule has 150 heavy (non-hydrogen) atoms. The number of hydrogen-bond acceptors (Lipinski definition) is 16. The average molecular weight is 2110 g/mol. The highest BCUT2D eigenvalue weighted by molar-refractivity contribution is 5.97. The van der Waals surface area contributed by atoms with E-state index in [-0.39, 0.29) is 130 Å². The molecule has 21 nitrogen and oxygen atoms in total. The Hall–Kier alpha value is -11.2. The first-order valence-electron chi connectivity index (χ1n) is 52.4. The number of hydrogen-bond donors (Lipinski definition) is 5. The van der Waals surface area contributed by atoms with Crippen molar-refractivity contribution in [3.05, 3.63) is 212 Å². The van der Waals surface area contributed by atoms with Crippen molar-refractivity contribution >= 4 is 35.5 Å². The van der Waals surface area contributed by atoms with Crippen molar-refractivity contribution in [3.8, 4) is 24.3 Å². The number of halogens is 15. The lowest BCUT2D eigenvalue weighted by Crippen LogP contribution is -2.44. The molecule has 10 aliphatic rings. The summed E-state index contributed by atoms with van der Waals surface area (Å²) in [5.74, 6) is 1.24. The van der Waals surface area contributed by atoms with Gasteiger partial charge in [0.1, 0.15) is 0 Å². The fourth-order valence-electron chi connectivity index (χ4n) is 21.5. The van der Waals surface area contributed by atoms with Crippen LogP contribution in [0.1, 0.15) is 357 Å². The molecular formula is C114H136F15N9O12. The predicted molar refractivity (Wildman–Crippen MR) is 526 cm³/mol. The summed E-state index contributed by atoms with van der Waals surface area (Å²) in [6, 6.07) is 43.6. The average Bonchev–Trinajstić information content (AvgIpc) is 1.30. The normalized spacial score (nSPS) is 24.0. The van der Waals surface area contributed by atoms with Gasteiger partial charge in [-0.15, -0.1) is 0 Å². The van der Waals surface area contributed by atoms with E-state index in [9.17, 15) is 120 Å². The maximum atomic E-state index is 13.3. The number of esters is 1. The Morgan fingerprint density at radius 2 is 0.473 bits per heavy atom. The van der Waals surface area contributed by atoms with Gasteiger partial charge in [-0.05, 0) is 382 Å². The van der Waals surface area contributed by atoms with Gasteiger partial charge >= 0.3 is 36.9 Å². The van der Waals surface area contributed by atoms with Crippen LogP contribution in [0, 0.1) is 74.9 Å². The van der Waals surface area contributed by atoms with Crippen LogP contribution < -0.4 is 0 Å². The highest BCUT2D eigenvalue weighted by Gasteiger charge is 2.57. The van der Waals surface area contributed by atoms with Crippen molar-refractivity contribution < 1.29 is 125 Å². The Morgan fingerprint density at radius 1 is 0.280 bits per heavy atom. The van der Waals surface area contributed by atoms with E-state index in [1.165, 1.54) is 134 Å². The van der Waals surface area contributed by atoms with Crippen LogP contribution >= 0.6 is 0 Å². The number of rotatable bonds is 29. The summed E-state index contributed by atoms with van der Waals surface area (Å²) in [5, 5.41) is 84.4. The van der Waals surface area contributed by atoms with Crippen LogP contribution in [0.4, 0.5) is 65.9 Å². The van der Waals surface area contributed by atoms with E-state index in [1.807, 2.05) is 48.8 Å². The van der Waals surface area contributed by atoms with Gasteiger partial charge in [0, 0.05) is 114 Å². The molecule has 5 N–H and O–H groups in total. The third-order valence-corrected chi connectivity index (χ3v) is 32.2. The first-order chi connectivity index (χ1) is 70.6. The van der Waals surface area contributed by atoms with E-state index in [2.05, 4.69) is 24.3 Å². The molecule has 10 fully saturated rings. The minimum atomic E-state index is -4.80. The molecule has 6 aromatic carbocycles. The second-order valence-electron chi connectivity index (χ2n) is 43.4. The number of carbonyl (C=O) groups excluding carboxylic acids is 6. The number of alkyl halides is 15. The third kappa shape index (κ3) is 29.7. The zero-order valence-corrected chi connectivity index (χ0v) is 85.5. The molecule has 0 aliphatic heterocycles. The second kappa shape index (κ2) is 49.3. The van der Waals surface area contributed by atoms with Crippen molar-refractivity contribution in [2.45, 2.75) is 391 Å². The van der Waals surface area contributed by atoms with Crippen LogP contribution in [0.2, 0.25) is 0 Å². The molecule has 0 spiro atoms. The van der Waals surface area contributed by atoms with E-state index < -0.39 is 58.9 Å². The van der Waals surface area contributed by atoms with Crippen molar-refractivity contribution in [3.63, 3.8) is 0 Å². The van der Waals surface area contributed by atoms with E-state index in [0.717, 1.165) is 219 Å². The largest absolute Gasteiger partial charge is 0.469 e. The smallest absolute Gasteiger partial charge is 0.421 e. The Kier molecular flexibility index (Phi) is 38.6. The summed E-state index contributed by atoms with van der Waals surface area (Å²) < 4.78 is 200. The zero-order chi connectivity index (χ0) is 110. The molecular weight excluding hydrogens is 1970 g/mol. The van der Waals surface area contributed by atoms with Crippen LogP contribution in [0.15, 0.2) is 146 Å². The number of amides is 5. The highest BCUT2D eigenvalue weighted by atomic mass is 19.4. The molecule has 0 unspecified atom stereocenters. The number of methoxy groups -OCH3 is 1. The fourth-order valence-corrected chi connectivity index (χ4v) is 21.5. The lowest BCUT2D eigenvalue weighted by atomic mass is 9.81. The van der Waals surface area contributed by atoms with Gasteiger partial charge in [0.05, 0.1) is 37.0 Å². The minimum absolute atomic E-state index is 0.0665. The predicted octanol–water partition coefficient (Wildman–Crippen LogP) is 24.3. The molecule has 10 saturated carbocycles. The van der Waals surface area contributed by atoms with Crippen LogP contribution in [0.25, 0.3) is 0 Å². The quantitative estimate of drug-likeness (QED) is 0.0215.